The molecule has 1 radical (unpaired) electrons. The summed E-state index contributed by atoms with van der Waals surface area (Å²) in [5.74, 6) is -0.0720. The molecule has 0 amide bonds. The van der Waals surface area contributed by atoms with Crippen molar-refractivity contribution in [3.8, 4) is 0 Å². The number of hydrogen-bond donors (Lipinski definition) is 0. The van der Waals surface area contributed by atoms with Crippen molar-refractivity contribution in [2.45, 2.75) is 110 Å². The zero-order valence-corrected chi connectivity index (χ0v) is 17.1. The number of quaternary nitrogens is 1. The number of hydrogen-bond acceptors (Lipinski definition) is 2. The lowest BCUT2D eigenvalue weighted by Gasteiger charge is -2.10. The second-order valence-electron chi connectivity index (χ2n) is 8.05. The fourth-order valence-corrected chi connectivity index (χ4v) is 2.99. The normalized spacial score (nSPS) is 11.7. The van der Waals surface area contributed by atoms with Crippen LogP contribution in [-0.4, -0.2) is 31.8 Å². The van der Waals surface area contributed by atoms with Crippen LogP contribution < -0.4 is 0 Å². The predicted molar refractivity (Wildman–Crippen MR) is 104 cm³/mol. The van der Waals surface area contributed by atoms with Crippen molar-refractivity contribution in [3.63, 3.8) is 0 Å². The van der Waals surface area contributed by atoms with Gasteiger partial charge in [-0.15, -0.1) is 0 Å². The van der Waals surface area contributed by atoms with E-state index in [-0.39, 0.29) is 10.6 Å². The highest BCUT2D eigenvalue weighted by Gasteiger charge is 2.28. The molecular weight excluding hydrogens is 298 g/mol. The molecule has 0 bridgehead atoms. The number of hydroxylamine groups is 3. The zero-order chi connectivity index (χ0) is 18.1. The molecule has 0 spiro atoms. The highest BCUT2D eigenvalue weighted by molar-refractivity contribution is 5.68. The molecule has 0 atom stereocenters. The Morgan fingerprint density at radius 2 is 0.958 bits per heavy atom. The summed E-state index contributed by atoms with van der Waals surface area (Å²) < 4.78 is 0.261. The smallest absolute Gasteiger partial charge is 0.0871 e. The van der Waals surface area contributed by atoms with E-state index in [4.69, 9.17) is 4.84 Å². The molecule has 0 aromatic heterocycles. The Hall–Kier alpha value is -0.570. The van der Waals surface area contributed by atoms with Gasteiger partial charge >= 0.3 is 5.97 Å². The van der Waals surface area contributed by atoms with Gasteiger partial charge in [0.1, 0.15) is 27.6 Å². The Labute approximate surface area is 151 Å². The fraction of sp³-hybridized carbons (Fsp3) is 0.952. The molecule has 0 rings (SSSR count). The molecule has 0 aliphatic heterocycles. The Bertz CT molecular complexity index is 284. The second kappa shape index (κ2) is 15.9. The van der Waals surface area contributed by atoms with Crippen LogP contribution in [0.25, 0.3) is 0 Å². The van der Waals surface area contributed by atoms with Gasteiger partial charge < -0.3 is 0 Å². The number of unbranched alkanes of at least 4 members (excludes halogenated alkanes) is 14. The van der Waals surface area contributed by atoms with Crippen LogP contribution in [0.4, 0.5) is 0 Å². The summed E-state index contributed by atoms with van der Waals surface area (Å²) in [4.78, 5) is 16.8. The fourth-order valence-electron chi connectivity index (χ4n) is 2.99. The molecule has 0 aliphatic carbocycles. The van der Waals surface area contributed by atoms with Gasteiger partial charge in [0.05, 0.1) is 4.79 Å². The summed E-state index contributed by atoms with van der Waals surface area (Å²) in [6.07, 6.45) is 20.8. The summed E-state index contributed by atoms with van der Waals surface area (Å²) in [5.41, 5.74) is 0. The number of carbonyl (C=O) groups is 1. The van der Waals surface area contributed by atoms with Crippen LogP contribution in [0.15, 0.2) is 0 Å². The van der Waals surface area contributed by atoms with E-state index in [0.29, 0.717) is 6.42 Å². The molecule has 24 heavy (non-hydrogen) atoms. The number of nitrogens with zero attached hydrogens (tertiary/aromatic N) is 1. The number of rotatable bonds is 17. The molecule has 0 aromatic carbocycles. The molecule has 0 heterocycles. The third kappa shape index (κ3) is 19.5. The van der Waals surface area contributed by atoms with Crippen LogP contribution in [0.1, 0.15) is 110 Å². The minimum Gasteiger partial charge on any atom is -0.0871 e. The maximum atomic E-state index is 11.6. The average molecular weight is 343 g/mol. The lowest BCUT2D eigenvalue weighted by atomic mass is 10.0. The summed E-state index contributed by atoms with van der Waals surface area (Å²) in [6, 6.07) is 0. The van der Waals surface area contributed by atoms with E-state index in [1.165, 1.54) is 83.5 Å². The third-order valence-corrected chi connectivity index (χ3v) is 4.36. The van der Waals surface area contributed by atoms with Gasteiger partial charge in [0.2, 0.25) is 0 Å². The summed E-state index contributed by atoms with van der Waals surface area (Å²) in [7, 11) is 5.60. The largest absolute Gasteiger partial charge is 0.638 e. The predicted octanol–water partition coefficient (Wildman–Crippen LogP) is 6.41. The minimum absolute atomic E-state index is 0.0720. The van der Waals surface area contributed by atoms with Crippen LogP contribution in [0.5, 0.6) is 0 Å². The van der Waals surface area contributed by atoms with Crippen molar-refractivity contribution in [1.29, 1.82) is 0 Å². The van der Waals surface area contributed by atoms with Gasteiger partial charge in [-0.3, -0.25) is 0 Å². The highest BCUT2D eigenvalue weighted by atomic mass is 16.7. The summed E-state index contributed by atoms with van der Waals surface area (Å²) >= 11 is 0. The van der Waals surface area contributed by atoms with Gasteiger partial charge in [0.25, 0.3) is 0 Å². The van der Waals surface area contributed by atoms with E-state index in [1.54, 1.807) is 0 Å². The Balaban J connectivity index is 3.14. The maximum absolute atomic E-state index is 11.6. The Kier molecular flexibility index (Phi) is 15.6. The topological polar surface area (TPSA) is 29.1 Å². The molecular formula is C21H44NO2+2. The number of carbonyl (C=O) groups excluding carboxylic acids is 1. The van der Waals surface area contributed by atoms with Gasteiger partial charge in [-0.25, -0.2) is 0 Å². The molecule has 0 unspecified atom stereocenters. The molecule has 0 saturated heterocycles. The zero-order valence-electron chi connectivity index (χ0n) is 17.1. The van der Waals surface area contributed by atoms with E-state index >= 15 is 0 Å². The van der Waals surface area contributed by atoms with Gasteiger partial charge in [-0.05, 0) is 6.42 Å². The van der Waals surface area contributed by atoms with Crippen molar-refractivity contribution in [3.05, 3.63) is 0 Å². The van der Waals surface area contributed by atoms with Crippen molar-refractivity contribution in [2.24, 2.45) is 0 Å². The van der Waals surface area contributed by atoms with Crippen LogP contribution in [0, 0.1) is 0 Å². The molecule has 0 N–H and O–H groups in total. The Morgan fingerprint density at radius 3 is 1.29 bits per heavy atom. The first-order valence-corrected chi connectivity index (χ1v) is 10.5. The maximum Gasteiger partial charge on any atom is 0.638 e. The first kappa shape index (κ1) is 23.4. The summed E-state index contributed by atoms with van der Waals surface area (Å²) in [6.45, 7) is 2.28. The lowest BCUT2D eigenvalue weighted by molar-refractivity contribution is -1.04. The van der Waals surface area contributed by atoms with E-state index in [2.05, 4.69) is 6.92 Å². The minimum atomic E-state index is -0.0720. The van der Waals surface area contributed by atoms with E-state index in [0.717, 1.165) is 12.8 Å². The molecule has 3 nitrogen and oxygen atoms in total. The molecule has 3 heteroatoms. The quantitative estimate of drug-likeness (QED) is 0.132. The summed E-state index contributed by atoms with van der Waals surface area (Å²) in [5, 5.41) is 0. The first-order valence-electron chi connectivity index (χ1n) is 10.5. The van der Waals surface area contributed by atoms with Crippen molar-refractivity contribution >= 4 is 5.97 Å². The van der Waals surface area contributed by atoms with Crippen LogP contribution in [0.3, 0.4) is 0 Å². The van der Waals surface area contributed by atoms with E-state index < -0.39 is 0 Å². The van der Waals surface area contributed by atoms with Crippen molar-refractivity contribution in [1.82, 2.24) is 0 Å². The molecule has 0 fully saturated rings. The molecule has 0 aromatic rings. The van der Waals surface area contributed by atoms with E-state index in [9.17, 15) is 4.79 Å². The monoisotopic (exact) mass is 342 g/mol. The standard InChI is InChI=1S/C21H44NO2/c1-5-6-7-8-9-10-11-12-13-14-15-16-17-18-19-20-21(23)24-22(2,3)4/h5-20H2,1-4H3/q+2. The van der Waals surface area contributed by atoms with Gasteiger partial charge in [0.15, 0.2) is 0 Å². The van der Waals surface area contributed by atoms with Crippen molar-refractivity contribution < 1.29 is 14.3 Å². The Morgan fingerprint density at radius 1 is 0.625 bits per heavy atom. The van der Waals surface area contributed by atoms with Gasteiger partial charge in [0, 0.05) is 0 Å². The SMILES string of the molecule is CCCCCCCCCCCCCCCCCC(=[O+])O[N+](C)(C)C. The van der Waals surface area contributed by atoms with Crippen molar-refractivity contribution in [2.75, 3.05) is 21.1 Å². The second-order valence-corrected chi connectivity index (χ2v) is 8.05. The van der Waals surface area contributed by atoms with Crippen LogP contribution >= 0.6 is 0 Å². The van der Waals surface area contributed by atoms with Crippen LogP contribution in [-0.2, 0) is 9.63 Å². The first-order chi connectivity index (χ1) is 11.5. The molecule has 143 valence electrons. The highest BCUT2D eigenvalue weighted by Crippen LogP contribution is 2.14. The lowest BCUT2D eigenvalue weighted by Crippen LogP contribution is -2.36. The third-order valence-electron chi connectivity index (χ3n) is 4.36. The molecule has 0 saturated carbocycles. The average Bonchev–Trinajstić information content (AvgIpc) is 2.49. The molecule has 0 aliphatic rings. The van der Waals surface area contributed by atoms with E-state index in [1.807, 2.05) is 21.1 Å². The van der Waals surface area contributed by atoms with Gasteiger partial charge in [-0.2, -0.15) is 0 Å². The van der Waals surface area contributed by atoms with Gasteiger partial charge in [-0.1, -0.05) is 106 Å². The van der Waals surface area contributed by atoms with Crippen LogP contribution in [0.2, 0.25) is 0 Å².